The number of ether oxygens (including phenoxy) is 1. The van der Waals surface area contributed by atoms with Gasteiger partial charge in [-0.3, -0.25) is 5.32 Å². The van der Waals surface area contributed by atoms with Gasteiger partial charge in [-0.25, -0.2) is 4.79 Å². The molecule has 1 amide bonds. The normalized spacial score (nSPS) is 9.31. The monoisotopic (exact) mass is 218 g/mol. The maximum Gasteiger partial charge on any atom is 0.411 e. The van der Waals surface area contributed by atoms with E-state index in [4.69, 9.17) is 10.00 Å². The molecule has 0 saturated heterocycles. The van der Waals surface area contributed by atoms with E-state index in [-0.39, 0.29) is 0 Å². The van der Waals surface area contributed by atoms with E-state index in [0.29, 0.717) is 17.9 Å². The lowest BCUT2D eigenvalue weighted by molar-refractivity contribution is 0.161. The zero-order valence-electron chi connectivity index (χ0n) is 9.41. The molecule has 0 heterocycles. The standard InChI is InChI=1S/C12H14N2O2/c1-3-6-16-12(15)14-11-7-10(8-13)5-4-9(11)2/h4-5,7H,3,6H2,1-2H3,(H,14,15). The largest absolute Gasteiger partial charge is 0.449 e. The number of carbonyl (C=O) groups is 1. The van der Waals surface area contributed by atoms with E-state index in [2.05, 4.69) is 5.32 Å². The van der Waals surface area contributed by atoms with Crippen molar-refractivity contribution in [2.24, 2.45) is 0 Å². The van der Waals surface area contributed by atoms with Gasteiger partial charge in [-0.15, -0.1) is 0 Å². The number of carbonyl (C=O) groups excluding carboxylic acids is 1. The van der Waals surface area contributed by atoms with Crippen molar-refractivity contribution in [2.75, 3.05) is 11.9 Å². The number of nitriles is 1. The van der Waals surface area contributed by atoms with Crippen molar-refractivity contribution < 1.29 is 9.53 Å². The minimum Gasteiger partial charge on any atom is -0.449 e. The van der Waals surface area contributed by atoms with Crippen molar-refractivity contribution in [1.29, 1.82) is 5.26 Å². The van der Waals surface area contributed by atoms with Crippen LogP contribution in [0.15, 0.2) is 18.2 Å². The van der Waals surface area contributed by atoms with Crippen LogP contribution in [0.25, 0.3) is 0 Å². The fourth-order valence-corrected chi connectivity index (χ4v) is 1.17. The molecule has 0 fully saturated rings. The van der Waals surface area contributed by atoms with E-state index in [1.165, 1.54) is 0 Å². The van der Waals surface area contributed by atoms with E-state index in [0.717, 1.165) is 12.0 Å². The topological polar surface area (TPSA) is 62.1 Å². The van der Waals surface area contributed by atoms with Gasteiger partial charge in [0.25, 0.3) is 0 Å². The third kappa shape index (κ3) is 3.28. The summed E-state index contributed by atoms with van der Waals surface area (Å²) >= 11 is 0. The van der Waals surface area contributed by atoms with Gasteiger partial charge in [-0.05, 0) is 31.0 Å². The molecule has 0 unspecified atom stereocenters. The lowest BCUT2D eigenvalue weighted by atomic mass is 10.1. The molecular formula is C12H14N2O2. The van der Waals surface area contributed by atoms with Crippen molar-refractivity contribution in [1.82, 2.24) is 0 Å². The first-order chi connectivity index (χ1) is 7.67. The zero-order valence-corrected chi connectivity index (χ0v) is 9.41. The molecule has 0 aliphatic rings. The fourth-order valence-electron chi connectivity index (χ4n) is 1.17. The van der Waals surface area contributed by atoms with E-state index in [1.807, 2.05) is 19.9 Å². The average molecular weight is 218 g/mol. The predicted octanol–water partition coefficient (Wildman–Crippen LogP) is 2.83. The molecule has 0 bridgehead atoms. The Morgan fingerprint density at radius 2 is 2.31 bits per heavy atom. The number of nitrogens with one attached hydrogen (secondary N) is 1. The third-order valence-corrected chi connectivity index (χ3v) is 2.04. The number of aryl methyl sites for hydroxylation is 1. The van der Waals surface area contributed by atoms with E-state index in [9.17, 15) is 4.79 Å². The van der Waals surface area contributed by atoms with Crippen LogP contribution in [0.5, 0.6) is 0 Å². The summed E-state index contributed by atoms with van der Waals surface area (Å²) in [5.74, 6) is 0. The summed E-state index contributed by atoms with van der Waals surface area (Å²) in [6, 6.07) is 7.14. The van der Waals surface area contributed by atoms with Gasteiger partial charge in [-0.2, -0.15) is 5.26 Å². The first kappa shape index (κ1) is 12.1. The smallest absolute Gasteiger partial charge is 0.411 e. The minimum atomic E-state index is -0.486. The van der Waals surface area contributed by atoms with Crippen molar-refractivity contribution in [3.63, 3.8) is 0 Å². The molecule has 0 spiro atoms. The van der Waals surface area contributed by atoms with Crippen molar-refractivity contribution in [3.8, 4) is 6.07 Å². The molecule has 0 atom stereocenters. The lowest BCUT2D eigenvalue weighted by Gasteiger charge is -2.08. The number of rotatable bonds is 3. The first-order valence-electron chi connectivity index (χ1n) is 5.12. The zero-order chi connectivity index (χ0) is 12.0. The number of hydrogen-bond donors (Lipinski definition) is 1. The van der Waals surface area contributed by atoms with Crippen LogP contribution in [0, 0.1) is 18.3 Å². The van der Waals surface area contributed by atoms with Crippen LogP contribution < -0.4 is 5.32 Å². The van der Waals surface area contributed by atoms with Crippen LogP contribution >= 0.6 is 0 Å². The number of benzene rings is 1. The Morgan fingerprint density at radius 1 is 1.56 bits per heavy atom. The molecule has 1 aromatic carbocycles. The maximum absolute atomic E-state index is 11.3. The van der Waals surface area contributed by atoms with Crippen molar-refractivity contribution in [3.05, 3.63) is 29.3 Å². The van der Waals surface area contributed by atoms with E-state index >= 15 is 0 Å². The van der Waals surface area contributed by atoms with Crippen LogP contribution in [0.1, 0.15) is 24.5 Å². The Bertz CT molecular complexity index is 422. The summed E-state index contributed by atoms with van der Waals surface area (Å²) in [7, 11) is 0. The second-order valence-electron chi connectivity index (χ2n) is 3.40. The van der Waals surface area contributed by atoms with Gasteiger partial charge in [0.15, 0.2) is 0 Å². The summed E-state index contributed by atoms with van der Waals surface area (Å²) < 4.78 is 4.89. The average Bonchev–Trinajstić information content (AvgIpc) is 2.29. The number of hydrogen-bond acceptors (Lipinski definition) is 3. The van der Waals surface area contributed by atoms with Crippen LogP contribution in [0.2, 0.25) is 0 Å². The van der Waals surface area contributed by atoms with Crippen LogP contribution in [-0.2, 0) is 4.74 Å². The van der Waals surface area contributed by atoms with Gasteiger partial charge in [0.1, 0.15) is 0 Å². The molecular weight excluding hydrogens is 204 g/mol. The van der Waals surface area contributed by atoms with E-state index in [1.54, 1.807) is 18.2 Å². The molecule has 0 aliphatic carbocycles. The molecule has 0 aromatic heterocycles. The summed E-state index contributed by atoms with van der Waals surface area (Å²) in [5.41, 5.74) is 2.02. The Balaban J connectivity index is 2.73. The second kappa shape index (κ2) is 5.76. The van der Waals surface area contributed by atoms with Crippen LogP contribution in [-0.4, -0.2) is 12.7 Å². The molecule has 0 saturated carbocycles. The second-order valence-corrected chi connectivity index (χ2v) is 3.40. The van der Waals surface area contributed by atoms with Gasteiger partial charge in [-0.1, -0.05) is 13.0 Å². The summed E-state index contributed by atoms with van der Waals surface area (Å²) in [5, 5.41) is 11.3. The highest BCUT2D eigenvalue weighted by Gasteiger charge is 2.05. The summed E-state index contributed by atoms with van der Waals surface area (Å²) in [6.07, 6.45) is 0.296. The molecule has 1 N–H and O–H groups in total. The number of amides is 1. The van der Waals surface area contributed by atoms with Crippen molar-refractivity contribution >= 4 is 11.8 Å². The predicted molar refractivity (Wildman–Crippen MR) is 61.2 cm³/mol. The van der Waals surface area contributed by atoms with E-state index < -0.39 is 6.09 Å². The maximum atomic E-state index is 11.3. The molecule has 1 rings (SSSR count). The number of nitrogens with zero attached hydrogens (tertiary/aromatic N) is 1. The van der Waals surface area contributed by atoms with Gasteiger partial charge in [0.05, 0.1) is 18.2 Å². The summed E-state index contributed by atoms with van der Waals surface area (Å²) in [4.78, 5) is 11.3. The highest BCUT2D eigenvalue weighted by atomic mass is 16.5. The molecule has 84 valence electrons. The third-order valence-electron chi connectivity index (χ3n) is 2.04. The Morgan fingerprint density at radius 3 is 2.94 bits per heavy atom. The lowest BCUT2D eigenvalue weighted by Crippen LogP contribution is -2.14. The van der Waals surface area contributed by atoms with Gasteiger partial charge in [0.2, 0.25) is 0 Å². The first-order valence-corrected chi connectivity index (χ1v) is 5.12. The molecule has 16 heavy (non-hydrogen) atoms. The molecule has 4 nitrogen and oxygen atoms in total. The highest BCUT2D eigenvalue weighted by molar-refractivity contribution is 5.85. The summed E-state index contributed by atoms with van der Waals surface area (Å²) in [6.45, 7) is 4.17. The number of anilines is 1. The SMILES string of the molecule is CCCOC(=O)Nc1cc(C#N)ccc1C. The molecule has 1 aromatic rings. The Kier molecular flexibility index (Phi) is 4.34. The van der Waals surface area contributed by atoms with Gasteiger partial charge < -0.3 is 4.74 Å². The van der Waals surface area contributed by atoms with Crippen LogP contribution in [0.3, 0.4) is 0 Å². The minimum absolute atomic E-state index is 0.392. The Labute approximate surface area is 94.8 Å². The molecule has 0 radical (unpaired) electrons. The van der Waals surface area contributed by atoms with Gasteiger partial charge in [0, 0.05) is 5.69 Å². The van der Waals surface area contributed by atoms with Crippen LogP contribution in [0.4, 0.5) is 10.5 Å². The quantitative estimate of drug-likeness (QED) is 0.848. The van der Waals surface area contributed by atoms with Gasteiger partial charge >= 0.3 is 6.09 Å². The van der Waals surface area contributed by atoms with Crippen molar-refractivity contribution in [2.45, 2.75) is 20.3 Å². The molecule has 4 heteroatoms. The molecule has 0 aliphatic heterocycles. The highest BCUT2D eigenvalue weighted by Crippen LogP contribution is 2.16. The Hall–Kier alpha value is -2.02. The fraction of sp³-hybridized carbons (Fsp3) is 0.333.